The van der Waals surface area contributed by atoms with E-state index in [4.69, 9.17) is 0 Å². The molecule has 0 spiro atoms. The normalized spacial score (nSPS) is 15.5. The number of nitrogens with one attached hydrogen (secondary N) is 2. The van der Waals surface area contributed by atoms with E-state index in [2.05, 4.69) is 15.2 Å². The number of halogens is 2. The van der Waals surface area contributed by atoms with Gasteiger partial charge >= 0.3 is 0 Å². The summed E-state index contributed by atoms with van der Waals surface area (Å²) in [5, 5.41) is 3.47. The van der Waals surface area contributed by atoms with Crippen LogP contribution in [0.15, 0.2) is 47.3 Å². The summed E-state index contributed by atoms with van der Waals surface area (Å²) in [6.45, 7) is 4.93. The molecule has 0 aliphatic carbocycles. The van der Waals surface area contributed by atoms with Crippen molar-refractivity contribution in [1.29, 1.82) is 0 Å². The lowest BCUT2D eigenvalue weighted by Gasteiger charge is -2.27. The number of nitrogens with zero attached hydrogens (tertiary/aromatic N) is 1. The number of H-pyrrole nitrogens is 1. The summed E-state index contributed by atoms with van der Waals surface area (Å²) in [5.74, 6) is -1.49. The SMILES string of the molecule is O=c1[nH]c(-c2ccc(CN3CCNCC3)cc2)cc2c(F)cc(F)cc12. The molecular formula is C20H19F2N3O. The molecule has 0 saturated carbocycles. The predicted molar refractivity (Wildman–Crippen MR) is 98.1 cm³/mol. The Bertz CT molecular complexity index is 992. The molecule has 1 aliphatic rings. The first kappa shape index (κ1) is 16.9. The molecule has 0 unspecified atom stereocenters. The molecule has 2 N–H and O–H groups in total. The van der Waals surface area contributed by atoms with Gasteiger partial charge in [-0.25, -0.2) is 8.78 Å². The highest BCUT2D eigenvalue weighted by Gasteiger charge is 2.12. The molecule has 1 saturated heterocycles. The summed E-state index contributed by atoms with van der Waals surface area (Å²) in [4.78, 5) is 17.3. The second-order valence-electron chi connectivity index (χ2n) is 6.58. The Morgan fingerprint density at radius 1 is 0.962 bits per heavy atom. The first-order valence-electron chi connectivity index (χ1n) is 8.64. The van der Waals surface area contributed by atoms with Crippen LogP contribution in [0.2, 0.25) is 0 Å². The zero-order valence-electron chi connectivity index (χ0n) is 14.2. The van der Waals surface area contributed by atoms with Crippen LogP contribution < -0.4 is 10.9 Å². The highest BCUT2D eigenvalue weighted by atomic mass is 19.1. The van der Waals surface area contributed by atoms with Crippen molar-refractivity contribution in [2.75, 3.05) is 26.2 Å². The molecule has 3 aromatic rings. The fourth-order valence-electron chi connectivity index (χ4n) is 3.36. The monoisotopic (exact) mass is 355 g/mol. The van der Waals surface area contributed by atoms with Gasteiger partial charge in [0.25, 0.3) is 5.56 Å². The van der Waals surface area contributed by atoms with Crippen LogP contribution >= 0.6 is 0 Å². The summed E-state index contributed by atoms with van der Waals surface area (Å²) in [6.07, 6.45) is 0. The fourth-order valence-corrected chi connectivity index (χ4v) is 3.36. The molecule has 0 bridgehead atoms. The number of aromatic amines is 1. The third-order valence-electron chi connectivity index (χ3n) is 4.76. The maximum Gasteiger partial charge on any atom is 0.256 e. The van der Waals surface area contributed by atoms with E-state index in [0.29, 0.717) is 5.69 Å². The molecular weight excluding hydrogens is 336 g/mol. The Morgan fingerprint density at radius 2 is 1.69 bits per heavy atom. The topological polar surface area (TPSA) is 48.1 Å². The van der Waals surface area contributed by atoms with E-state index in [-0.39, 0.29) is 10.8 Å². The number of rotatable bonds is 3. The van der Waals surface area contributed by atoms with Gasteiger partial charge in [-0.05, 0) is 23.3 Å². The Hall–Kier alpha value is -2.57. The molecule has 4 nitrogen and oxygen atoms in total. The van der Waals surface area contributed by atoms with E-state index >= 15 is 0 Å². The molecule has 2 aromatic carbocycles. The molecule has 4 rings (SSSR count). The summed E-state index contributed by atoms with van der Waals surface area (Å²) in [5.41, 5.74) is 1.99. The predicted octanol–water partition coefficient (Wildman–Crippen LogP) is 2.88. The average molecular weight is 355 g/mol. The molecule has 1 fully saturated rings. The summed E-state index contributed by atoms with van der Waals surface area (Å²) in [7, 11) is 0. The van der Waals surface area contributed by atoms with Gasteiger partial charge in [0.15, 0.2) is 0 Å². The zero-order chi connectivity index (χ0) is 18.1. The second-order valence-corrected chi connectivity index (χ2v) is 6.58. The molecule has 2 heterocycles. The Morgan fingerprint density at radius 3 is 2.42 bits per heavy atom. The molecule has 26 heavy (non-hydrogen) atoms. The third kappa shape index (κ3) is 3.38. The van der Waals surface area contributed by atoms with E-state index in [1.165, 1.54) is 5.56 Å². The van der Waals surface area contributed by atoms with Gasteiger partial charge in [-0.15, -0.1) is 0 Å². The number of hydrogen-bond donors (Lipinski definition) is 2. The minimum absolute atomic E-state index is 0.0154. The summed E-state index contributed by atoms with van der Waals surface area (Å²) >= 11 is 0. The number of piperazine rings is 1. The van der Waals surface area contributed by atoms with Crippen LogP contribution in [-0.4, -0.2) is 36.1 Å². The van der Waals surface area contributed by atoms with Crippen LogP contribution in [-0.2, 0) is 6.54 Å². The maximum absolute atomic E-state index is 14.0. The second kappa shape index (κ2) is 6.97. The number of fused-ring (bicyclic) bond motifs is 1. The molecule has 134 valence electrons. The smallest absolute Gasteiger partial charge is 0.256 e. The lowest BCUT2D eigenvalue weighted by molar-refractivity contribution is 0.233. The van der Waals surface area contributed by atoms with Gasteiger partial charge < -0.3 is 10.3 Å². The molecule has 1 aliphatic heterocycles. The van der Waals surface area contributed by atoms with Gasteiger partial charge in [0.05, 0.1) is 5.39 Å². The third-order valence-corrected chi connectivity index (χ3v) is 4.76. The van der Waals surface area contributed by atoms with Crippen LogP contribution in [0, 0.1) is 11.6 Å². The van der Waals surface area contributed by atoms with Gasteiger partial charge in [-0.1, -0.05) is 24.3 Å². The van der Waals surface area contributed by atoms with Crippen LogP contribution in [0.4, 0.5) is 8.78 Å². The Balaban J connectivity index is 1.64. The Labute approximate surface area is 149 Å². The number of benzene rings is 2. The summed E-state index contributed by atoms with van der Waals surface area (Å²) < 4.78 is 27.4. The van der Waals surface area contributed by atoms with Gasteiger partial charge in [0.1, 0.15) is 11.6 Å². The van der Waals surface area contributed by atoms with Crippen molar-refractivity contribution in [1.82, 2.24) is 15.2 Å². The van der Waals surface area contributed by atoms with E-state index in [1.807, 2.05) is 24.3 Å². The molecule has 6 heteroatoms. The maximum atomic E-state index is 14.0. The lowest BCUT2D eigenvalue weighted by Crippen LogP contribution is -2.42. The number of pyridine rings is 1. The van der Waals surface area contributed by atoms with Gasteiger partial charge in [-0.3, -0.25) is 9.69 Å². The van der Waals surface area contributed by atoms with Gasteiger partial charge in [0.2, 0.25) is 0 Å². The van der Waals surface area contributed by atoms with E-state index < -0.39 is 17.2 Å². The van der Waals surface area contributed by atoms with Crippen molar-refractivity contribution in [3.05, 3.63) is 70.0 Å². The highest BCUT2D eigenvalue weighted by Crippen LogP contribution is 2.23. The van der Waals surface area contributed by atoms with Crippen molar-refractivity contribution < 1.29 is 8.78 Å². The molecule has 0 radical (unpaired) electrons. The minimum Gasteiger partial charge on any atom is -0.321 e. The average Bonchev–Trinajstić information content (AvgIpc) is 2.64. The molecule has 0 atom stereocenters. The fraction of sp³-hybridized carbons (Fsp3) is 0.250. The number of aromatic nitrogens is 1. The van der Waals surface area contributed by atoms with E-state index in [9.17, 15) is 13.6 Å². The quantitative estimate of drug-likeness (QED) is 0.760. The first-order valence-corrected chi connectivity index (χ1v) is 8.64. The standard InChI is InChI=1S/C20H19F2N3O/c21-15-9-17-16(18(22)10-15)11-19(24-20(17)26)14-3-1-13(2-4-14)12-25-7-5-23-6-8-25/h1-4,9-11,23H,5-8,12H2,(H,24,26). The van der Waals surface area contributed by atoms with Gasteiger partial charge in [-0.2, -0.15) is 0 Å². The minimum atomic E-state index is -0.759. The highest BCUT2D eigenvalue weighted by molar-refractivity contribution is 5.85. The largest absolute Gasteiger partial charge is 0.321 e. The molecule has 1 aromatic heterocycles. The first-order chi connectivity index (χ1) is 12.6. The zero-order valence-corrected chi connectivity index (χ0v) is 14.2. The van der Waals surface area contributed by atoms with E-state index in [0.717, 1.165) is 50.4 Å². The van der Waals surface area contributed by atoms with Crippen LogP contribution in [0.1, 0.15) is 5.56 Å². The molecule has 0 amide bonds. The number of hydrogen-bond acceptors (Lipinski definition) is 3. The van der Waals surface area contributed by atoms with E-state index in [1.54, 1.807) is 6.07 Å². The van der Waals surface area contributed by atoms with Gasteiger partial charge in [0, 0.05) is 49.9 Å². The lowest BCUT2D eigenvalue weighted by atomic mass is 10.0. The van der Waals surface area contributed by atoms with Crippen molar-refractivity contribution in [3.8, 4) is 11.3 Å². The summed E-state index contributed by atoms with van der Waals surface area (Å²) in [6, 6.07) is 11.3. The van der Waals surface area contributed by atoms with Crippen molar-refractivity contribution in [2.45, 2.75) is 6.54 Å². The van der Waals surface area contributed by atoms with Crippen LogP contribution in [0.3, 0.4) is 0 Å². The van der Waals surface area contributed by atoms with Crippen molar-refractivity contribution in [2.24, 2.45) is 0 Å². The van der Waals surface area contributed by atoms with Crippen LogP contribution in [0.25, 0.3) is 22.0 Å². The van der Waals surface area contributed by atoms with Crippen molar-refractivity contribution in [3.63, 3.8) is 0 Å². The van der Waals surface area contributed by atoms with Crippen molar-refractivity contribution >= 4 is 10.8 Å². The van der Waals surface area contributed by atoms with Crippen LogP contribution in [0.5, 0.6) is 0 Å². The Kier molecular flexibility index (Phi) is 4.53.